The van der Waals surface area contributed by atoms with E-state index in [0.29, 0.717) is 12.5 Å². The molecule has 3 aromatic carbocycles. The van der Waals surface area contributed by atoms with Gasteiger partial charge >= 0.3 is 0 Å². The van der Waals surface area contributed by atoms with Gasteiger partial charge in [-0.25, -0.2) is 0 Å². The Hall–Kier alpha value is -3.93. The van der Waals surface area contributed by atoms with Crippen molar-refractivity contribution in [2.45, 2.75) is 45.7 Å². The lowest BCUT2D eigenvalue weighted by atomic mass is 9.87. The molecule has 0 saturated carbocycles. The first-order chi connectivity index (χ1) is 16.8. The van der Waals surface area contributed by atoms with E-state index >= 15 is 0 Å². The number of non-ortho nitro benzene ring substituents is 1. The minimum absolute atomic E-state index is 0.0329. The first-order valence-electron chi connectivity index (χ1n) is 12.0. The van der Waals surface area contributed by atoms with Crippen LogP contribution >= 0.6 is 0 Å². The average molecular weight is 470 g/mol. The minimum Gasteiger partial charge on any atom is -0.353 e. The van der Waals surface area contributed by atoms with Gasteiger partial charge in [0.2, 0.25) is 5.91 Å². The van der Waals surface area contributed by atoms with Gasteiger partial charge in [-0.15, -0.1) is 0 Å². The fourth-order valence-corrected chi connectivity index (χ4v) is 4.37. The zero-order chi connectivity index (χ0) is 24.9. The summed E-state index contributed by atoms with van der Waals surface area (Å²) < 4.78 is 2.12. The number of nitro groups is 1. The number of amides is 1. The smallest absolute Gasteiger partial charge is 0.270 e. The summed E-state index contributed by atoms with van der Waals surface area (Å²) in [4.78, 5) is 24.3. The van der Waals surface area contributed by atoms with Crippen LogP contribution in [-0.4, -0.2) is 21.4 Å². The van der Waals surface area contributed by atoms with Crippen LogP contribution in [0.25, 0.3) is 10.9 Å². The van der Waals surface area contributed by atoms with Crippen molar-refractivity contribution < 1.29 is 9.72 Å². The average Bonchev–Trinajstić information content (AvgIpc) is 3.20. The van der Waals surface area contributed by atoms with Crippen LogP contribution in [0.5, 0.6) is 0 Å². The van der Waals surface area contributed by atoms with Gasteiger partial charge in [0.05, 0.1) is 4.92 Å². The molecule has 1 amide bonds. The van der Waals surface area contributed by atoms with E-state index in [2.05, 4.69) is 42.1 Å². The summed E-state index contributed by atoms with van der Waals surface area (Å²) >= 11 is 0. The second-order valence-corrected chi connectivity index (χ2v) is 9.42. The van der Waals surface area contributed by atoms with Gasteiger partial charge in [-0.2, -0.15) is 0 Å². The standard InChI is InChI=1S/C29H31N3O3/c1-20(2)21(3)30-29(33)17-25(23-12-8-5-9-13-23)27-19-31(18-22-10-6-4-7-11-22)28-15-14-24(32(34)35)16-26(27)28/h4-16,19-21,25H,17-18H2,1-3H3,(H,30,33). The summed E-state index contributed by atoms with van der Waals surface area (Å²) in [5.74, 6) is 0.0519. The van der Waals surface area contributed by atoms with Gasteiger partial charge in [-0.05, 0) is 35.6 Å². The van der Waals surface area contributed by atoms with Gasteiger partial charge in [0, 0.05) is 54.2 Å². The summed E-state index contributed by atoms with van der Waals surface area (Å²) in [7, 11) is 0. The number of hydrogen-bond donors (Lipinski definition) is 1. The van der Waals surface area contributed by atoms with Gasteiger partial charge in [0.25, 0.3) is 5.69 Å². The van der Waals surface area contributed by atoms with Crippen LogP contribution in [0, 0.1) is 16.0 Å². The summed E-state index contributed by atoms with van der Waals surface area (Å²) in [6.07, 6.45) is 2.31. The number of nitro benzene ring substituents is 1. The molecule has 0 aliphatic heterocycles. The Morgan fingerprint density at radius 2 is 1.63 bits per heavy atom. The number of benzene rings is 3. The van der Waals surface area contributed by atoms with E-state index in [4.69, 9.17) is 0 Å². The molecule has 0 aliphatic rings. The normalized spacial score (nSPS) is 13.0. The molecule has 1 heterocycles. The monoisotopic (exact) mass is 469 g/mol. The lowest BCUT2D eigenvalue weighted by Crippen LogP contribution is -2.36. The van der Waals surface area contributed by atoms with Crippen molar-refractivity contribution in [3.63, 3.8) is 0 Å². The molecule has 6 heteroatoms. The maximum absolute atomic E-state index is 13.1. The number of carbonyl (C=O) groups is 1. The van der Waals surface area contributed by atoms with Crippen molar-refractivity contribution >= 4 is 22.5 Å². The third kappa shape index (κ3) is 5.60. The molecule has 0 radical (unpaired) electrons. The SMILES string of the molecule is CC(C)C(C)NC(=O)CC(c1ccccc1)c1cn(Cc2ccccc2)c2ccc([N+](=O)[O-])cc12. The predicted octanol–water partition coefficient (Wildman–Crippen LogP) is 6.28. The van der Waals surface area contributed by atoms with E-state index in [0.717, 1.165) is 27.6 Å². The quantitative estimate of drug-likeness (QED) is 0.231. The Morgan fingerprint density at radius 1 is 0.971 bits per heavy atom. The molecule has 4 rings (SSSR count). The largest absolute Gasteiger partial charge is 0.353 e. The number of rotatable bonds is 9. The molecule has 6 nitrogen and oxygen atoms in total. The van der Waals surface area contributed by atoms with E-state index in [1.807, 2.05) is 61.5 Å². The third-order valence-electron chi connectivity index (χ3n) is 6.66. The molecular formula is C29H31N3O3. The molecule has 1 N–H and O–H groups in total. The number of fused-ring (bicyclic) bond motifs is 1. The highest BCUT2D eigenvalue weighted by Gasteiger charge is 2.25. The topological polar surface area (TPSA) is 77.2 Å². The molecule has 2 atom stereocenters. The van der Waals surface area contributed by atoms with Gasteiger partial charge < -0.3 is 9.88 Å². The van der Waals surface area contributed by atoms with Gasteiger partial charge in [0.1, 0.15) is 0 Å². The van der Waals surface area contributed by atoms with Crippen molar-refractivity contribution in [3.8, 4) is 0 Å². The van der Waals surface area contributed by atoms with Crippen molar-refractivity contribution in [2.75, 3.05) is 0 Å². The Bertz CT molecular complexity index is 1310. The second-order valence-electron chi connectivity index (χ2n) is 9.42. The van der Waals surface area contributed by atoms with E-state index in [-0.39, 0.29) is 34.9 Å². The molecule has 2 unspecified atom stereocenters. The first-order valence-corrected chi connectivity index (χ1v) is 12.0. The highest BCUT2D eigenvalue weighted by Crippen LogP contribution is 2.36. The van der Waals surface area contributed by atoms with Gasteiger partial charge in [0.15, 0.2) is 0 Å². The van der Waals surface area contributed by atoms with Crippen LogP contribution in [-0.2, 0) is 11.3 Å². The Labute approximate surface area is 205 Å². The summed E-state index contributed by atoms with van der Waals surface area (Å²) in [6, 6.07) is 25.0. The molecule has 0 spiro atoms. The lowest BCUT2D eigenvalue weighted by Gasteiger charge is -2.21. The van der Waals surface area contributed by atoms with Crippen LogP contribution in [0.4, 0.5) is 5.69 Å². The molecule has 4 aromatic rings. The summed E-state index contributed by atoms with van der Waals surface area (Å²) in [6.45, 7) is 6.80. The molecule has 0 aliphatic carbocycles. The molecule has 180 valence electrons. The number of hydrogen-bond acceptors (Lipinski definition) is 3. The van der Waals surface area contributed by atoms with Crippen LogP contribution in [0.2, 0.25) is 0 Å². The van der Waals surface area contributed by atoms with Gasteiger partial charge in [-0.3, -0.25) is 14.9 Å². The van der Waals surface area contributed by atoms with E-state index in [1.54, 1.807) is 12.1 Å². The summed E-state index contributed by atoms with van der Waals surface area (Å²) in [5, 5.41) is 15.5. The molecule has 1 aromatic heterocycles. The third-order valence-corrected chi connectivity index (χ3v) is 6.66. The molecule has 0 saturated heterocycles. The first kappa shape index (κ1) is 24.2. The van der Waals surface area contributed by atoms with Crippen LogP contribution in [0.15, 0.2) is 85.1 Å². The van der Waals surface area contributed by atoms with Crippen LogP contribution < -0.4 is 5.32 Å². The molecule has 0 fully saturated rings. The number of aromatic nitrogens is 1. The number of carbonyl (C=O) groups excluding carboxylic acids is 1. The summed E-state index contributed by atoms with van der Waals surface area (Å²) in [5.41, 5.74) is 4.00. The maximum Gasteiger partial charge on any atom is 0.270 e. The second kappa shape index (κ2) is 10.6. The highest BCUT2D eigenvalue weighted by atomic mass is 16.6. The van der Waals surface area contributed by atoms with E-state index in [1.165, 1.54) is 0 Å². The molecular weight excluding hydrogens is 438 g/mol. The minimum atomic E-state index is -0.369. The Balaban J connectivity index is 1.82. The lowest BCUT2D eigenvalue weighted by molar-refractivity contribution is -0.384. The molecule has 0 bridgehead atoms. The van der Waals surface area contributed by atoms with Crippen molar-refractivity contribution in [1.82, 2.24) is 9.88 Å². The van der Waals surface area contributed by atoms with E-state index < -0.39 is 0 Å². The Kier molecular flexibility index (Phi) is 7.30. The van der Waals surface area contributed by atoms with Crippen molar-refractivity contribution in [1.29, 1.82) is 0 Å². The van der Waals surface area contributed by atoms with Gasteiger partial charge in [-0.1, -0.05) is 74.5 Å². The van der Waals surface area contributed by atoms with Crippen LogP contribution in [0.1, 0.15) is 49.8 Å². The zero-order valence-corrected chi connectivity index (χ0v) is 20.3. The fourth-order valence-electron chi connectivity index (χ4n) is 4.37. The highest BCUT2D eigenvalue weighted by molar-refractivity contribution is 5.88. The number of nitrogens with one attached hydrogen (secondary N) is 1. The predicted molar refractivity (Wildman–Crippen MR) is 139 cm³/mol. The van der Waals surface area contributed by atoms with E-state index in [9.17, 15) is 14.9 Å². The fraction of sp³-hybridized carbons (Fsp3) is 0.276. The molecule has 35 heavy (non-hydrogen) atoms. The Morgan fingerprint density at radius 3 is 2.26 bits per heavy atom. The number of nitrogens with zero attached hydrogens (tertiary/aromatic N) is 2. The zero-order valence-electron chi connectivity index (χ0n) is 20.3. The van der Waals surface area contributed by atoms with Crippen molar-refractivity contribution in [2.24, 2.45) is 5.92 Å². The van der Waals surface area contributed by atoms with Crippen molar-refractivity contribution in [3.05, 3.63) is 112 Å². The van der Waals surface area contributed by atoms with Crippen LogP contribution in [0.3, 0.4) is 0 Å². The maximum atomic E-state index is 13.1.